The lowest BCUT2D eigenvalue weighted by molar-refractivity contribution is -0.137. The second kappa shape index (κ2) is 6.93. The smallest absolute Gasteiger partial charge is 0.322 e. The lowest BCUT2D eigenvalue weighted by Gasteiger charge is -2.07. The van der Waals surface area contributed by atoms with Crippen molar-refractivity contribution < 1.29 is 19.5 Å². The summed E-state index contributed by atoms with van der Waals surface area (Å²) >= 11 is 3.27. The zero-order chi connectivity index (χ0) is 14.4. The zero-order valence-electron chi connectivity index (χ0n) is 10.3. The molecule has 0 aromatic carbocycles. The Morgan fingerprint density at radius 3 is 2.58 bits per heavy atom. The van der Waals surface area contributed by atoms with Crippen LogP contribution in [0.3, 0.4) is 0 Å². The largest absolute Gasteiger partial charge is 0.480 e. The van der Waals surface area contributed by atoms with E-state index < -0.39 is 24.3 Å². The molecule has 0 unspecified atom stereocenters. The van der Waals surface area contributed by atoms with Gasteiger partial charge in [0.2, 0.25) is 5.91 Å². The maximum absolute atomic E-state index is 11.8. The number of carboxylic acids is 1. The topological polar surface area (TPSA) is 100 Å². The quantitative estimate of drug-likeness (QED) is 0.693. The number of nitrogens with zero attached hydrogens (tertiary/aromatic N) is 1. The number of carbonyl (C=O) groups excluding carboxylic acids is 2. The molecule has 0 atom stereocenters. The van der Waals surface area contributed by atoms with E-state index in [-0.39, 0.29) is 6.54 Å². The molecule has 0 fully saturated rings. The van der Waals surface area contributed by atoms with E-state index >= 15 is 0 Å². The third-order valence-corrected chi connectivity index (χ3v) is 2.72. The standard InChI is InChI=1S/C11H14BrN3O4/c1-2-15-6-7(12)3-8(15)11(19)14-4-9(16)13-5-10(17)18/h3,6H,2,4-5H2,1H3,(H,13,16)(H,14,19)(H,17,18). The minimum absolute atomic E-state index is 0.265. The number of aliphatic carboxylic acids is 1. The van der Waals surface area contributed by atoms with Gasteiger partial charge in [-0.05, 0) is 28.9 Å². The molecular weight excluding hydrogens is 318 g/mol. The van der Waals surface area contributed by atoms with Gasteiger partial charge in [0.1, 0.15) is 12.2 Å². The second-order valence-electron chi connectivity index (χ2n) is 3.68. The van der Waals surface area contributed by atoms with Crippen LogP contribution in [0.15, 0.2) is 16.7 Å². The van der Waals surface area contributed by atoms with E-state index in [2.05, 4.69) is 26.6 Å². The normalized spacial score (nSPS) is 10.0. The Morgan fingerprint density at radius 2 is 2.00 bits per heavy atom. The van der Waals surface area contributed by atoms with Crippen molar-refractivity contribution >= 4 is 33.7 Å². The van der Waals surface area contributed by atoms with E-state index in [1.54, 1.807) is 16.8 Å². The van der Waals surface area contributed by atoms with Crippen molar-refractivity contribution in [3.8, 4) is 0 Å². The number of carbonyl (C=O) groups is 3. The Balaban J connectivity index is 2.51. The molecule has 0 saturated carbocycles. The first-order valence-electron chi connectivity index (χ1n) is 5.56. The molecule has 8 heteroatoms. The molecule has 104 valence electrons. The summed E-state index contributed by atoms with van der Waals surface area (Å²) in [5.74, 6) is -2.08. The molecule has 3 N–H and O–H groups in total. The molecule has 0 radical (unpaired) electrons. The Kier molecular flexibility index (Phi) is 5.56. The molecule has 7 nitrogen and oxygen atoms in total. The Bertz CT molecular complexity index is 498. The minimum atomic E-state index is -1.14. The number of rotatable bonds is 6. The van der Waals surface area contributed by atoms with Gasteiger partial charge in [-0.2, -0.15) is 0 Å². The van der Waals surface area contributed by atoms with Crippen LogP contribution >= 0.6 is 15.9 Å². The summed E-state index contributed by atoms with van der Waals surface area (Å²) in [4.78, 5) is 33.3. The third kappa shape index (κ3) is 4.74. The van der Waals surface area contributed by atoms with Gasteiger partial charge in [0.25, 0.3) is 5.91 Å². The molecule has 19 heavy (non-hydrogen) atoms. The van der Waals surface area contributed by atoms with E-state index in [0.717, 1.165) is 4.47 Å². The highest BCUT2D eigenvalue weighted by atomic mass is 79.9. The fourth-order valence-corrected chi connectivity index (χ4v) is 1.88. The predicted molar refractivity (Wildman–Crippen MR) is 70.8 cm³/mol. The maximum atomic E-state index is 11.8. The summed E-state index contributed by atoms with van der Waals surface area (Å²) < 4.78 is 2.50. The molecule has 2 amide bonds. The van der Waals surface area contributed by atoms with Crippen molar-refractivity contribution in [2.45, 2.75) is 13.5 Å². The van der Waals surface area contributed by atoms with Gasteiger partial charge in [-0.3, -0.25) is 14.4 Å². The van der Waals surface area contributed by atoms with E-state index in [9.17, 15) is 14.4 Å². The van der Waals surface area contributed by atoms with Gasteiger partial charge < -0.3 is 20.3 Å². The van der Waals surface area contributed by atoms with E-state index in [1.807, 2.05) is 6.92 Å². The number of nitrogens with one attached hydrogen (secondary N) is 2. The van der Waals surface area contributed by atoms with Crippen molar-refractivity contribution in [2.24, 2.45) is 0 Å². The molecule has 0 saturated heterocycles. The van der Waals surface area contributed by atoms with Crippen molar-refractivity contribution in [3.05, 3.63) is 22.4 Å². The van der Waals surface area contributed by atoms with Crippen LogP contribution in [0.25, 0.3) is 0 Å². The Morgan fingerprint density at radius 1 is 1.32 bits per heavy atom. The number of hydrogen-bond donors (Lipinski definition) is 3. The summed E-state index contributed by atoms with van der Waals surface area (Å²) in [7, 11) is 0. The first-order valence-corrected chi connectivity index (χ1v) is 6.35. The van der Waals surface area contributed by atoms with Crippen LogP contribution in [0.2, 0.25) is 0 Å². The second-order valence-corrected chi connectivity index (χ2v) is 4.60. The lowest BCUT2D eigenvalue weighted by Crippen LogP contribution is -2.39. The van der Waals surface area contributed by atoms with Gasteiger partial charge in [-0.1, -0.05) is 0 Å². The minimum Gasteiger partial charge on any atom is -0.480 e. The van der Waals surface area contributed by atoms with Crippen molar-refractivity contribution in [1.82, 2.24) is 15.2 Å². The summed E-state index contributed by atoms with van der Waals surface area (Å²) in [6.45, 7) is 1.78. The van der Waals surface area contributed by atoms with Crippen LogP contribution in [0.5, 0.6) is 0 Å². The first-order chi connectivity index (χ1) is 8.93. The highest BCUT2D eigenvalue weighted by Gasteiger charge is 2.13. The monoisotopic (exact) mass is 331 g/mol. The first kappa shape index (κ1) is 15.2. The van der Waals surface area contributed by atoms with Crippen LogP contribution in [0.1, 0.15) is 17.4 Å². The number of aryl methyl sites for hydroxylation is 1. The number of hydrogen-bond acceptors (Lipinski definition) is 3. The average Bonchev–Trinajstić information content (AvgIpc) is 2.74. The predicted octanol–water partition coefficient (Wildman–Crippen LogP) is 0.201. The number of carboxylic acid groups (broad SMARTS) is 1. The molecule has 0 aliphatic rings. The van der Waals surface area contributed by atoms with Crippen LogP contribution in [0.4, 0.5) is 0 Å². The van der Waals surface area contributed by atoms with Gasteiger partial charge in [0.05, 0.1) is 6.54 Å². The van der Waals surface area contributed by atoms with Crippen LogP contribution in [-0.4, -0.2) is 40.5 Å². The lowest BCUT2D eigenvalue weighted by atomic mass is 10.4. The summed E-state index contributed by atoms with van der Waals surface area (Å²) in [6.07, 6.45) is 1.76. The maximum Gasteiger partial charge on any atom is 0.322 e. The van der Waals surface area contributed by atoms with Gasteiger partial charge in [-0.25, -0.2) is 0 Å². The molecule has 0 aliphatic carbocycles. The Labute approximate surface area is 118 Å². The van der Waals surface area contributed by atoms with Gasteiger partial charge >= 0.3 is 5.97 Å². The summed E-state index contributed by atoms with van der Waals surface area (Å²) in [6, 6.07) is 1.65. The van der Waals surface area contributed by atoms with E-state index in [4.69, 9.17) is 5.11 Å². The molecule has 1 rings (SSSR count). The van der Waals surface area contributed by atoms with Crippen molar-refractivity contribution in [1.29, 1.82) is 0 Å². The summed E-state index contributed by atoms with van der Waals surface area (Å²) in [5, 5.41) is 13.0. The van der Waals surface area contributed by atoms with E-state index in [1.165, 1.54) is 0 Å². The Hall–Kier alpha value is -1.83. The number of amides is 2. The van der Waals surface area contributed by atoms with Crippen LogP contribution < -0.4 is 10.6 Å². The highest BCUT2D eigenvalue weighted by molar-refractivity contribution is 9.10. The van der Waals surface area contributed by atoms with Crippen LogP contribution in [-0.2, 0) is 16.1 Å². The molecule has 1 aromatic heterocycles. The van der Waals surface area contributed by atoms with Gasteiger partial charge in [0.15, 0.2) is 0 Å². The fourth-order valence-electron chi connectivity index (χ4n) is 1.41. The number of halogens is 1. The fraction of sp³-hybridized carbons (Fsp3) is 0.364. The average molecular weight is 332 g/mol. The van der Waals surface area contributed by atoms with Gasteiger partial charge in [0, 0.05) is 17.2 Å². The molecule has 0 aliphatic heterocycles. The zero-order valence-corrected chi connectivity index (χ0v) is 11.9. The highest BCUT2D eigenvalue weighted by Crippen LogP contribution is 2.14. The summed E-state index contributed by atoms with van der Waals surface area (Å²) in [5.41, 5.74) is 0.431. The van der Waals surface area contributed by atoms with Gasteiger partial charge in [-0.15, -0.1) is 0 Å². The van der Waals surface area contributed by atoms with Crippen molar-refractivity contribution in [3.63, 3.8) is 0 Å². The number of aromatic nitrogens is 1. The SMILES string of the molecule is CCn1cc(Br)cc1C(=O)NCC(=O)NCC(=O)O. The van der Waals surface area contributed by atoms with Crippen molar-refractivity contribution in [2.75, 3.05) is 13.1 Å². The molecule has 0 bridgehead atoms. The third-order valence-electron chi connectivity index (χ3n) is 2.28. The molecule has 0 spiro atoms. The van der Waals surface area contributed by atoms with E-state index in [0.29, 0.717) is 12.2 Å². The molecule has 1 aromatic rings. The molecule has 1 heterocycles. The van der Waals surface area contributed by atoms with Crippen LogP contribution in [0, 0.1) is 0 Å². The molecular formula is C11H14BrN3O4.